The summed E-state index contributed by atoms with van der Waals surface area (Å²) in [4.78, 5) is 0. The third-order valence-electron chi connectivity index (χ3n) is 2.35. The minimum Gasteiger partial charge on any atom is -0.458 e. The average Bonchev–Trinajstić information content (AvgIpc) is 2.68. The highest BCUT2D eigenvalue weighted by molar-refractivity contribution is 5.81. The Hall–Kier alpha value is -1.32. The molecule has 3 heteroatoms. The van der Waals surface area contributed by atoms with Crippen molar-refractivity contribution in [3.8, 4) is 0 Å². The molecule has 0 saturated heterocycles. The maximum atomic E-state index is 5.69. The molecule has 0 atom stereocenters. The molecule has 0 aliphatic heterocycles. The second-order valence-electron chi connectivity index (χ2n) is 3.39. The molecule has 0 aliphatic carbocycles. The molecule has 0 aliphatic rings. The van der Waals surface area contributed by atoms with E-state index in [4.69, 9.17) is 14.9 Å². The summed E-state index contributed by atoms with van der Waals surface area (Å²) in [6.45, 7) is 3.68. The molecular weight excluding hydrogens is 190 g/mol. The lowest BCUT2D eigenvalue weighted by Gasteiger charge is -1.97. The van der Waals surface area contributed by atoms with Gasteiger partial charge in [0, 0.05) is 24.1 Å². The Morgan fingerprint density at radius 1 is 1.40 bits per heavy atom. The Morgan fingerprint density at radius 3 is 3.00 bits per heavy atom. The molecule has 0 bridgehead atoms. The van der Waals surface area contributed by atoms with Gasteiger partial charge in [-0.15, -0.1) is 0 Å². The van der Waals surface area contributed by atoms with E-state index in [9.17, 15) is 0 Å². The number of hydrogen-bond acceptors (Lipinski definition) is 3. The summed E-state index contributed by atoms with van der Waals surface area (Å²) in [6.07, 6.45) is 0. The largest absolute Gasteiger partial charge is 0.458 e. The zero-order chi connectivity index (χ0) is 10.7. The maximum Gasteiger partial charge on any atom is 0.138 e. The summed E-state index contributed by atoms with van der Waals surface area (Å²) in [5.74, 6) is 0.854. The molecular formula is C12H15NO2. The van der Waals surface area contributed by atoms with Crippen molar-refractivity contribution in [2.75, 3.05) is 6.61 Å². The third-order valence-corrected chi connectivity index (χ3v) is 2.35. The summed E-state index contributed by atoms with van der Waals surface area (Å²) in [5, 5.41) is 1.09. The van der Waals surface area contributed by atoms with Gasteiger partial charge in [0.15, 0.2) is 0 Å². The van der Waals surface area contributed by atoms with Crippen molar-refractivity contribution in [2.45, 2.75) is 20.1 Å². The van der Waals surface area contributed by atoms with E-state index in [1.165, 1.54) is 0 Å². The molecule has 2 rings (SSSR count). The Balaban J connectivity index is 2.37. The third kappa shape index (κ3) is 2.03. The first kappa shape index (κ1) is 10.2. The van der Waals surface area contributed by atoms with Gasteiger partial charge in [-0.1, -0.05) is 18.2 Å². The van der Waals surface area contributed by atoms with Crippen molar-refractivity contribution in [3.05, 3.63) is 35.6 Å². The summed E-state index contributed by atoms with van der Waals surface area (Å²) in [5.41, 5.74) is 7.56. The van der Waals surface area contributed by atoms with E-state index in [0.29, 0.717) is 19.8 Å². The molecule has 80 valence electrons. The van der Waals surface area contributed by atoms with Gasteiger partial charge in [0.1, 0.15) is 18.0 Å². The van der Waals surface area contributed by atoms with Gasteiger partial charge in [0.25, 0.3) is 0 Å². The zero-order valence-electron chi connectivity index (χ0n) is 8.82. The first-order valence-electron chi connectivity index (χ1n) is 5.13. The van der Waals surface area contributed by atoms with Crippen LogP contribution in [0.25, 0.3) is 11.0 Å². The molecule has 0 radical (unpaired) electrons. The van der Waals surface area contributed by atoms with Gasteiger partial charge in [-0.05, 0) is 13.0 Å². The minimum atomic E-state index is 0.499. The smallest absolute Gasteiger partial charge is 0.138 e. The highest BCUT2D eigenvalue weighted by Crippen LogP contribution is 2.23. The van der Waals surface area contributed by atoms with Gasteiger partial charge in [-0.2, -0.15) is 0 Å². The van der Waals surface area contributed by atoms with E-state index in [2.05, 4.69) is 0 Å². The maximum absolute atomic E-state index is 5.69. The predicted octanol–water partition coefficient (Wildman–Crippen LogP) is 2.43. The van der Waals surface area contributed by atoms with Crippen LogP contribution in [0.3, 0.4) is 0 Å². The SMILES string of the molecule is CCOCc1cc2cccc(CN)c2o1. The average molecular weight is 205 g/mol. The first-order chi connectivity index (χ1) is 7.35. The van der Waals surface area contributed by atoms with Crippen LogP contribution in [0, 0.1) is 0 Å². The molecule has 0 spiro atoms. The van der Waals surface area contributed by atoms with Gasteiger partial charge >= 0.3 is 0 Å². The second-order valence-corrected chi connectivity index (χ2v) is 3.39. The number of rotatable bonds is 4. The lowest BCUT2D eigenvalue weighted by atomic mass is 10.1. The Bertz CT molecular complexity index is 448. The molecule has 1 aromatic carbocycles. The number of ether oxygens (including phenoxy) is 1. The van der Waals surface area contributed by atoms with Crippen molar-refractivity contribution in [2.24, 2.45) is 5.73 Å². The summed E-state index contributed by atoms with van der Waals surface area (Å²) < 4.78 is 11.0. The standard InChI is InChI=1S/C12H15NO2/c1-2-14-8-11-6-9-4-3-5-10(7-13)12(9)15-11/h3-6H,2,7-8,13H2,1H3. The van der Waals surface area contributed by atoms with E-state index in [1.807, 2.05) is 31.2 Å². The fraction of sp³-hybridized carbons (Fsp3) is 0.333. The number of fused-ring (bicyclic) bond motifs is 1. The van der Waals surface area contributed by atoms with Crippen LogP contribution in [0.4, 0.5) is 0 Å². The number of nitrogens with two attached hydrogens (primary N) is 1. The van der Waals surface area contributed by atoms with E-state index in [-0.39, 0.29) is 0 Å². The molecule has 0 fully saturated rings. The van der Waals surface area contributed by atoms with Crippen molar-refractivity contribution < 1.29 is 9.15 Å². The number of para-hydroxylation sites is 1. The highest BCUT2D eigenvalue weighted by Gasteiger charge is 2.06. The van der Waals surface area contributed by atoms with Crippen LogP contribution < -0.4 is 5.73 Å². The normalized spacial score (nSPS) is 11.1. The highest BCUT2D eigenvalue weighted by atomic mass is 16.5. The fourth-order valence-electron chi connectivity index (χ4n) is 1.61. The molecule has 2 aromatic rings. The Labute approximate surface area is 88.8 Å². The van der Waals surface area contributed by atoms with Crippen LogP contribution in [0.2, 0.25) is 0 Å². The summed E-state index contributed by atoms with van der Waals surface area (Å²) >= 11 is 0. The number of furan rings is 1. The molecule has 0 saturated carbocycles. The quantitative estimate of drug-likeness (QED) is 0.833. The van der Waals surface area contributed by atoms with Crippen LogP contribution in [-0.2, 0) is 17.9 Å². The lowest BCUT2D eigenvalue weighted by Crippen LogP contribution is -1.95. The van der Waals surface area contributed by atoms with Gasteiger partial charge in [0.2, 0.25) is 0 Å². The molecule has 2 N–H and O–H groups in total. The van der Waals surface area contributed by atoms with Crippen LogP contribution in [0.15, 0.2) is 28.7 Å². The molecule has 0 amide bonds. The summed E-state index contributed by atoms with van der Waals surface area (Å²) in [6, 6.07) is 8.00. The van der Waals surface area contributed by atoms with E-state index < -0.39 is 0 Å². The second kappa shape index (κ2) is 4.47. The van der Waals surface area contributed by atoms with Crippen molar-refractivity contribution in [1.82, 2.24) is 0 Å². The number of benzene rings is 1. The van der Waals surface area contributed by atoms with E-state index in [0.717, 1.165) is 22.3 Å². The van der Waals surface area contributed by atoms with E-state index in [1.54, 1.807) is 0 Å². The van der Waals surface area contributed by atoms with Gasteiger partial charge in [-0.3, -0.25) is 0 Å². The summed E-state index contributed by atoms with van der Waals surface area (Å²) in [7, 11) is 0. The topological polar surface area (TPSA) is 48.4 Å². The van der Waals surface area contributed by atoms with Crippen molar-refractivity contribution in [3.63, 3.8) is 0 Å². The van der Waals surface area contributed by atoms with Crippen LogP contribution in [0.5, 0.6) is 0 Å². The monoisotopic (exact) mass is 205 g/mol. The van der Waals surface area contributed by atoms with Gasteiger partial charge in [0.05, 0.1) is 0 Å². The van der Waals surface area contributed by atoms with Crippen LogP contribution in [0.1, 0.15) is 18.2 Å². The first-order valence-corrected chi connectivity index (χ1v) is 5.13. The predicted molar refractivity (Wildman–Crippen MR) is 59.4 cm³/mol. The van der Waals surface area contributed by atoms with Crippen LogP contribution >= 0.6 is 0 Å². The molecule has 3 nitrogen and oxygen atoms in total. The van der Waals surface area contributed by atoms with Gasteiger partial charge < -0.3 is 14.9 Å². The molecule has 0 unspecified atom stereocenters. The Morgan fingerprint density at radius 2 is 2.27 bits per heavy atom. The zero-order valence-corrected chi connectivity index (χ0v) is 8.82. The molecule has 1 aromatic heterocycles. The lowest BCUT2D eigenvalue weighted by molar-refractivity contribution is 0.119. The molecule has 1 heterocycles. The molecule has 15 heavy (non-hydrogen) atoms. The number of hydrogen-bond donors (Lipinski definition) is 1. The van der Waals surface area contributed by atoms with Gasteiger partial charge in [-0.25, -0.2) is 0 Å². The van der Waals surface area contributed by atoms with Crippen LogP contribution in [-0.4, -0.2) is 6.61 Å². The Kier molecular flexibility index (Phi) is 3.04. The minimum absolute atomic E-state index is 0.499. The van der Waals surface area contributed by atoms with Crippen molar-refractivity contribution in [1.29, 1.82) is 0 Å². The fourth-order valence-corrected chi connectivity index (χ4v) is 1.61. The van der Waals surface area contributed by atoms with Crippen molar-refractivity contribution >= 4 is 11.0 Å². The van der Waals surface area contributed by atoms with E-state index >= 15 is 0 Å².